The van der Waals surface area contributed by atoms with Crippen LogP contribution >= 0.6 is 0 Å². The SMILES string of the molecule is CC[C@@H](C)[C@H]([C@H](CC(=O)N1CCC[C@@H]1[C@@H](OC)[C@H](C)C(=O)N[C@@H](C)[C@H](O)c1ccccc1)OC)N(C)C(=O)C(NC(=O)[C@@H](C(C)C)N(C)C(=O)CCC[Si](C)(C)O)C(C)C. The summed E-state index contributed by atoms with van der Waals surface area (Å²) in [6, 6.07) is 6.54. The van der Waals surface area contributed by atoms with E-state index in [0.29, 0.717) is 37.4 Å². The zero-order chi connectivity index (χ0) is 45.6. The Balaban J connectivity index is 2.26. The molecule has 1 aromatic carbocycles. The van der Waals surface area contributed by atoms with Crippen molar-refractivity contribution in [1.82, 2.24) is 25.3 Å². The number of aliphatic hydroxyl groups excluding tert-OH is 1. The summed E-state index contributed by atoms with van der Waals surface area (Å²) in [5.41, 5.74) is 0.696. The van der Waals surface area contributed by atoms with E-state index >= 15 is 0 Å². The second-order valence-electron chi connectivity index (χ2n) is 18.3. The fraction of sp³-hybridized carbons (Fsp3) is 0.756. The molecule has 10 atom stereocenters. The number of hydrogen-bond acceptors (Lipinski definition) is 9. The van der Waals surface area contributed by atoms with Crippen LogP contribution < -0.4 is 10.6 Å². The van der Waals surface area contributed by atoms with Gasteiger partial charge in [-0.3, -0.25) is 24.0 Å². The molecule has 1 aliphatic rings. The smallest absolute Gasteiger partial charge is 0.245 e. The maximum Gasteiger partial charge on any atom is 0.245 e. The quantitative estimate of drug-likeness (QED) is 0.107. The fourth-order valence-corrected chi connectivity index (χ4v) is 9.62. The van der Waals surface area contributed by atoms with Gasteiger partial charge in [-0.25, -0.2) is 0 Å². The van der Waals surface area contributed by atoms with Gasteiger partial charge in [0.1, 0.15) is 12.1 Å². The van der Waals surface area contributed by atoms with Crippen LogP contribution in [0.4, 0.5) is 0 Å². The van der Waals surface area contributed by atoms with Crippen molar-refractivity contribution in [3.63, 3.8) is 0 Å². The highest BCUT2D eigenvalue weighted by Crippen LogP contribution is 2.30. The van der Waals surface area contributed by atoms with E-state index in [-0.39, 0.29) is 60.3 Å². The molecule has 0 aliphatic carbocycles. The van der Waals surface area contributed by atoms with E-state index in [1.165, 1.54) is 12.0 Å². The molecule has 0 saturated carbocycles. The van der Waals surface area contributed by atoms with Crippen LogP contribution in [0.3, 0.4) is 0 Å². The summed E-state index contributed by atoms with van der Waals surface area (Å²) < 4.78 is 12.0. The molecule has 15 heteroatoms. The minimum atomic E-state index is -2.32. The number of likely N-dealkylation sites (tertiary alicyclic amines) is 1. The van der Waals surface area contributed by atoms with Gasteiger partial charge in [0.2, 0.25) is 29.5 Å². The van der Waals surface area contributed by atoms with Crippen molar-refractivity contribution < 1.29 is 43.3 Å². The molecular weight excluding hydrogens is 783 g/mol. The molecule has 342 valence electrons. The molecule has 14 nitrogen and oxygen atoms in total. The Morgan fingerprint density at radius 1 is 0.900 bits per heavy atom. The summed E-state index contributed by atoms with van der Waals surface area (Å²) in [6.07, 6.45) is 0.598. The van der Waals surface area contributed by atoms with E-state index in [1.807, 2.05) is 85.0 Å². The normalized spacial score (nSPS) is 19.1. The molecular formula is C45H79N5O9Si. The van der Waals surface area contributed by atoms with Gasteiger partial charge < -0.3 is 44.7 Å². The number of likely N-dealkylation sites (N-methyl/N-ethyl adjacent to an activating group) is 2. The summed E-state index contributed by atoms with van der Waals surface area (Å²) in [5.74, 6) is -2.66. The van der Waals surface area contributed by atoms with E-state index in [9.17, 15) is 33.9 Å². The van der Waals surface area contributed by atoms with Crippen LogP contribution in [-0.4, -0.2) is 140 Å². The van der Waals surface area contributed by atoms with Crippen LogP contribution in [0.15, 0.2) is 30.3 Å². The number of nitrogens with zero attached hydrogens (tertiary/aromatic N) is 3. The first kappa shape index (κ1) is 52.8. The van der Waals surface area contributed by atoms with Gasteiger partial charge in [-0.05, 0) is 68.6 Å². The summed E-state index contributed by atoms with van der Waals surface area (Å²) >= 11 is 0. The maximum absolute atomic E-state index is 14.5. The van der Waals surface area contributed by atoms with Gasteiger partial charge in [-0.15, -0.1) is 0 Å². The van der Waals surface area contributed by atoms with Gasteiger partial charge in [0, 0.05) is 41.3 Å². The highest BCUT2D eigenvalue weighted by Gasteiger charge is 2.43. The molecule has 1 aliphatic heterocycles. The lowest BCUT2D eigenvalue weighted by molar-refractivity contribution is -0.148. The van der Waals surface area contributed by atoms with Crippen LogP contribution in [0.5, 0.6) is 0 Å². The predicted octanol–water partition coefficient (Wildman–Crippen LogP) is 4.75. The zero-order valence-electron chi connectivity index (χ0n) is 39.1. The first-order valence-electron chi connectivity index (χ1n) is 22.0. The van der Waals surface area contributed by atoms with Crippen LogP contribution in [0.25, 0.3) is 0 Å². The number of aliphatic hydroxyl groups is 1. The van der Waals surface area contributed by atoms with Gasteiger partial charge >= 0.3 is 0 Å². The lowest BCUT2D eigenvalue weighted by Crippen LogP contribution is -2.60. The summed E-state index contributed by atoms with van der Waals surface area (Å²) in [6.45, 7) is 19.1. The van der Waals surface area contributed by atoms with Gasteiger partial charge in [0.15, 0.2) is 8.32 Å². The lowest BCUT2D eigenvalue weighted by atomic mass is 9.89. The highest BCUT2D eigenvalue weighted by molar-refractivity contribution is 6.69. The van der Waals surface area contributed by atoms with Crippen molar-refractivity contribution in [3.8, 4) is 0 Å². The lowest BCUT2D eigenvalue weighted by Gasteiger charge is -2.41. The van der Waals surface area contributed by atoms with Gasteiger partial charge in [-0.1, -0.05) is 85.2 Å². The first-order valence-corrected chi connectivity index (χ1v) is 25.1. The largest absolute Gasteiger partial charge is 0.432 e. The van der Waals surface area contributed by atoms with E-state index in [0.717, 1.165) is 6.42 Å². The van der Waals surface area contributed by atoms with Crippen molar-refractivity contribution in [2.24, 2.45) is 23.7 Å². The molecule has 1 saturated heterocycles. The number of hydrogen-bond donors (Lipinski definition) is 4. The third kappa shape index (κ3) is 14.6. The predicted molar refractivity (Wildman–Crippen MR) is 237 cm³/mol. The molecule has 1 fully saturated rings. The number of carbonyl (C=O) groups excluding carboxylic acids is 5. The molecule has 5 amide bonds. The molecule has 0 aromatic heterocycles. The van der Waals surface area contributed by atoms with Crippen LogP contribution in [0.2, 0.25) is 19.1 Å². The zero-order valence-corrected chi connectivity index (χ0v) is 40.1. The second kappa shape index (κ2) is 24.3. The number of amides is 5. The molecule has 1 aromatic rings. The highest BCUT2D eigenvalue weighted by atomic mass is 28.4. The summed E-state index contributed by atoms with van der Waals surface area (Å²) in [7, 11) is 4.06. The molecule has 1 heterocycles. The number of methoxy groups -OCH3 is 2. The Bertz CT molecular complexity index is 1530. The molecule has 0 spiro atoms. The van der Waals surface area contributed by atoms with Gasteiger partial charge in [-0.2, -0.15) is 0 Å². The van der Waals surface area contributed by atoms with Crippen molar-refractivity contribution in [1.29, 1.82) is 0 Å². The Morgan fingerprint density at radius 2 is 1.52 bits per heavy atom. The van der Waals surface area contributed by atoms with Gasteiger partial charge in [0.05, 0.1) is 48.8 Å². The number of carbonyl (C=O) groups is 5. The fourth-order valence-electron chi connectivity index (χ4n) is 8.58. The minimum Gasteiger partial charge on any atom is -0.432 e. The molecule has 4 N–H and O–H groups in total. The number of ether oxygens (including phenoxy) is 2. The average molecular weight is 862 g/mol. The minimum absolute atomic E-state index is 0.0199. The first-order chi connectivity index (χ1) is 28.0. The van der Waals surface area contributed by atoms with Crippen molar-refractivity contribution in [2.75, 3.05) is 34.9 Å². The molecule has 2 rings (SSSR count). The third-order valence-corrected chi connectivity index (χ3v) is 13.9. The van der Waals surface area contributed by atoms with Gasteiger partial charge in [0.25, 0.3) is 0 Å². The van der Waals surface area contributed by atoms with Crippen molar-refractivity contribution in [2.45, 2.75) is 162 Å². The number of nitrogens with one attached hydrogen (secondary N) is 2. The van der Waals surface area contributed by atoms with Crippen molar-refractivity contribution in [3.05, 3.63) is 35.9 Å². The molecule has 0 radical (unpaired) electrons. The maximum atomic E-state index is 14.5. The van der Waals surface area contributed by atoms with Crippen molar-refractivity contribution >= 4 is 37.9 Å². The second-order valence-corrected chi connectivity index (χ2v) is 22.5. The Labute approximate surface area is 361 Å². The molecule has 1 unspecified atom stereocenters. The van der Waals surface area contributed by atoms with Crippen LogP contribution in [0.1, 0.15) is 106 Å². The Kier molecular flexibility index (Phi) is 21.4. The van der Waals surface area contributed by atoms with E-state index in [2.05, 4.69) is 10.6 Å². The average Bonchev–Trinajstić information content (AvgIpc) is 3.68. The Hall–Kier alpha value is -3.37. The van der Waals surface area contributed by atoms with Crippen LogP contribution in [0, 0.1) is 23.7 Å². The van der Waals surface area contributed by atoms with Crippen LogP contribution in [-0.2, 0) is 33.4 Å². The molecule has 0 bridgehead atoms. The Morgan fingerprint density at radius 3 is 2.03 bits per heavy atom. The van der Waals surface area contributed by atoms with E-state index in [4.69, 9.17) is 9.47 Å². The standard InChI is InChI=1S/C45H79N5O9Si/c1-15-30(6)40(49(10)45(56)38(28(2)3)47-44(55)39(29(4)5)48(9)36(51)24-20-26-60(13,14)57)35(58-11)27-37(52)50-25-19-23-34(50)42(59-12)31(7)43(54)46-32(8)41(53)33-21-17-16-18-22-33/h16-18,21-22,28-32,34-35,38-42,53,57H,15,19-20,23-27H2,1-14H3,(H,46,54)(H,47,55)/t30-,31+,32+,34-,35+,38?,39-,40-,41+,42+/m1/s1. The topological polar surface area (TPSA) is 178 Å². The van der Waals surface area contributed by atoms with E-state index < -0.39 is 62.6 Å². The third-order valence-electron chi connectivity index (χ3n) is 12.4. The molecule has 60 heavy (non-hydrogen) atoms. The van der Waals surface area contributed by atoms with E-state index in [1.54, 1.807) is 44.9 Å². The summed E-state index contributed by atoms with van der Waals surface area (Å²) in [5, 5.41) is 16.8. The summed E-state index contributed by atoms with van der Waals surface area (Å²) in [4.78, 5) is 84.5. The monoisotopic (exact) mass is 862 g/mol. The number of rotatable bonds is 24. The number of benzene rings is 1.